The lowest BCUT2D eigenvalue weighted by molar-refractivity contribution is -0.127. The summed E-state index contributed by atoms with van der Waals surface area (Å²) in [5, 5.41) is 2.42. The largest absolute Gasteiger partial charge is 0.444 e. The van der Waals surface area contributed by atoms with E-state index in [1.165, 1.54) is 0 Å². The lowest BCUT2D eigenvalue weighted by atomic mass is 10.1. The first-order valence-electron chi connectivity index (χ1n) is 8.82. The van der Waals surface area contributed by atoms with Crippen molar-refractivity contribution >= 4 is 33.7 Å². The van der Waals surface area contributed by atoms with E-state index in [2.05, 4.69) is 21.2 Å². The highest BCUT2D eigenvalue weighted by atomic mass is 79.9. The number of hydrogen-bond acceptors (Lipinski definition) is 4. The minimum Gasteiger partial charge on any atom is -0.444 e. The number of carbonyl (C=O) groups is 3. The summed E-state index contributed by atoms with van der Waals surface area (Å²) >= 11 is 3.26. The van der Waals surface area contributed by atoms with Gasteiger partial charge in [0.25, 0.3) is 5.92 Å². The Morgan fingerprint density at radius 3 is 2.39 bits per heavy atom. The van der Waals surface area contributed by atoms with E-state index >= 15 is 0 Å². The molecule has 0 spiro atoms. The van der Waals surface area contributed by atoms with Crippen LogP contribution in [0.1, 0.15) is 37.6 Å². The quantitative estimate of drug-likeness (QED) is 0.701. The van der Waals surface area contributed by atoms with E-state index < -0.39 is 41.5 Å². The standard InChI is InChI=1S/C19H21BrF2N2O4/c1-17(2,3)28-16(27)24-10-19(21,22)14-8-18(14,24)15(26)23-9-13(25)11-4-6-12(20)7-5-11/h4-7,14H,8-10H2,1-3H3,(H,23,26). The molecule has 9 heteroatoms. The van der Waals surface area contributed by atoms with Crippen LogP contribution in [0.2, 0.25) is 0 Å². The molecule has 1 aromatic carbocycles. The smallest absolute Gasteiger partial charge is 0.411 e. The maximum Gasteiger partial charge on any atom is 0.411 e. The summed E-state index contributed by atoms with van der Waals surface area (Å²) in [6, 6.07) is 6.56. The van der Waals surface area contributed by atoms with E-state index in [4.69, 9.17) is 4.74 Å². The predicted molar refractivity (Wildman–Crippen MR) is 100 cm³/mol. The molecule has 1 saturated heterocycles. The molecule has 2 unspecified atom stereocenters. The number of benzene rings is 1. The van der Waals surface area contributed by atoms with Gasteiger partial charge >= 0.3 is 6.09 Å². The molecule has 1 N–H and O–H groups in total. The zero-order chi connectivity index (χ0) is 20.9. The molecule has 1 heterocycles. The van der Waals surface area contributed by atoms with Crippen molar-refractivity contribution in [3.05, 3.63) is 34.3 Å². The number of Topliss-reactive ketones (excluding diaryl/α,β-unsaturated/α-hetero) is 1. The van der Waals surface area contributed by atoms with Crippen LogP contribution < -0.4 is 5.32 Å². The predicted octanol–water partition coefficient (Wildman–Crippen LogP) is 3.39. The second-order valence-corrected chi connectivity index (χ2v) is 9.04. The van der Waals surface area contributed by atoms with Crippen molar-refractivity contribution in [3.63, 3.8) is 0 Å². The van der Waals surface area contributed by atoms with Crippen molar-refractivity contribution in [1.82, 2.24) is 10.2 Å². The van der Waals surface area contributed by atoms with Gasteiger partial charge in [0.1, 0.15) is 11.1 Å². The number of carbonyl (C=O) groups excluding carboxylic acids is 3. The summed E-state index contributed by atoms with van der Waals surface area (Å²) in [4.78, 5) is 38.2. The van der Waals surface area contributed by atoms with Gasteiger partial charge in [0, 0.05) is 10.0 Å². The molecule has 2 aliphatic rings. The average molecular weight is 459 g/mol. The lowest BCUT2D eigenvalue weighted by Crippen LogP contribution is -2.52. The highest BCUT2D eigenvalue weighted by Crippen LogP contribution is 2.62. The van der Waals surface area contributed by atoms with Crippen LogP contribution >= 0.6 is 15.9 Å². The molecule has 2 amide bonds. The van der Waals surface area contributed by atoms with Crippen molar-refractivity contribution in [2.75, 3.05) is 13.1 Å². The van der Waals surface area contributed by atoms with E-state index in [1.54, 1.807) is 45.0 Å². The lowest BCUT2D eigenvalue weighted by Gasteiger charge is -2.30. The van der Waals surface area contributed by atoms with Gasteiger partial charge in [-0.15, -0.1) is 0 Å². The summed E-state index contributed by atoms with van der Waals surface area (Å²) in [5.74, 6) is -5.56. The third-order valence-corrected chi connectivity index (χ3v) is 5.40. The van der Waals surface area contributed by atoms with Crippen LogP contribution in [0.3, 0.4) is 0 Å². The summed E-state index contributed by atoms with van der Waals surface area (Å²) in [6.07, 6.45) is -1.11. The Kier molecular flexibility index (Phi) is 5.02. The van der Waals surface area contributed by atoms with Crippen molar-refractivity contribution in [1.29, 1.82) is 0 Å². The van der Waals surface area contributed by atoms with Crippen LogP contribution in [0.5, 0.6) is 0 Å². The van der Waals surface area contributed by atoms with Crippen LogP contribution in [-0.2, 0) is 9.53 Å². The van der Waals surface area contributed by atoms with Crippen molar-refractivity contribution in [2.24, 2.45) is 5.92 Å². The Bertz CT molecular complexity index is 822. The molecule has 1 aliphatic carbocycles. The Morgan fingerprint density at radius 1 is 1.25 bits per heavy atom. The van der Waals surface area contributed by atoms with E-state index in [-0.39, 0.29) is 18.7 Å². The number of halogens is 3. The average Bonchev–Trinajstić information content (AvgIpc) is 3.29. The van der Waals surface area contributed by atoms with Gasteiger partial charge in [0.15, 0.2) is 5.78 Å². The molecule has 2 fully saturated rings. The van der Waals surface area contributed by atoms with E-state index in [0.717, 1.165) is 9.37 Å². The van der Waals surface area contributed by atoms with Crippen molar-refractivity contribution < 1.29 is 27.9 Å². The van der Waals surface area contributed by atoms with E-state index in [9.17, 15) is 23.2 Å². The third-order valence-electron chi connectivity index (χ3n) is 4.87. The van der Waals surface area contributed by atoms with E-state index in [0.29, 0.717) is 5.56 Å². The molecule has 0 bridgehead atoms. The molecule has 152 valence electrons. The number of nitrogens with zero attached hydrogens (tertiary/aromatic N) is 1. The summed E-state index contributed by atoms with van der Waals surface area (Å²) in [7, 11) is 0. The molecule has 3 rings (SSSR count). The van der Waals surface area contributed by atoms with Gasteiger partial charge in [-0.2, -0.15) is 0 Å². The topological polar surface area (TPSA) is 75.7 Å². The second-order valence-electron chi connectivity index (χ2n) is 8.12. The summed E-state index contributed by atoms with van der Waals surface area (Å²) < 4.78 is 34.5. The molecule has 1 aliphatic heterocycles. The Hall–Kier alpha value is -2.03. The third kappa shape index (κ3) is 3.76. The molecule has 0 aromatic heterocycles. The summed E-state index contributed by atoms with van der Waals surface area (Å²) in [5.41, 5.74) is -2.16. The highest BCUT2D eigenvalue weighted by molar-refractivity contribution is 9.10. The number of amides is 2. The van der Waals surface area contributed by atoms with Gasteiger partial charge in [0.2, 0.25) is 5.91 Å². The number of ether oxygens (including phenoxy) is 1. The Morgan fingerprint density at radius 2 is 1.86 bits per heavy atom. The highest BCUT2D eigenvalue weighted by Gasteiger charge is 2.80. The molecule has 1 aromatic rings. The first-order chi connectivity index (χ1) is 12.9. The number of piperidine rings is 1. The minimum atomic E-state index is -3.18. The number of fused-ring (bicyclic) bond motifs is 1. The number of ketones is 1. The van der Waals surface area contributed by atoms with Crippen LogP contribution in [-0.4, -0.2) is 52.8 Å². The van der Waals surface area contributed by atoms with Crippen LogP contribution in [0.4, 0.5) is 13.6 Å². The fraction of sp³-hybridized carbons (Fsp3) is 0.526. The number of hydrogen-bond donors (Lipinski definition) is 1. The summed E-state index contributed by atoms with van der Waals surface area (Å²) in [6.45, 7) is 3.64. The minimum absolute atomic E-state index is 0.155. The van der Waals surface area contributed by atoms with Gasteiger partial charge in [-0.05, 0) is 39.3 Å². The number of alkyl halides is 2. The fourth-order valence-electron chi connectivity index (χ4n) is 3.48. The fourth-order valence-corrected chi connectivity index (χ4v) is 3.75. The second kappa shape index (κ2) is 6.79. The SMILES string of the molecule is CC(C)(C)OC(=O)N1CC(F)(F)C2CC21C(=O)NCC(=O)c1ccc(Br)cc1. The van der Waals surface area contributed by atoms with Crippen molar-refractivity contribution in [3.8, 4) is 0 Å². The van der Waals surface area contributed by atoms with E-state index in [1.807, 2.05) is 0 Å². The monoisotopic (exact) mass is 458 g/mol. The molecule has 0 radical (unpaired) electrons. The van der Waals surface area contributed by atoms with Crippen LogP contribution in [0.25, 0.3) is 0 Å². The van der Waals surface area contributed by atoms with Gasteiger partial charge in [-0.3, -0.25) is 14.5 Å². The molecule has 1 saturated carbocycles. The molecule has 28 heavy (non-hydrogen) atoms. The Balaban J connectivity index is 1.71. The number of nitrogens with one attached hydrogen (secondary N) is 1. The maximum absolute atomic E-state index is 14.2. The van der Waals surface area contributed by atoms with Crippen LogP contribution in [0.15, 0.2) is 28.7 Å². The Labute approximate surface area is 169 Å². The molecule has 2 atom stereocenters. The normalized spacial score (nSPS) is 25.1. The first-order valence-corrected chi connectivity index (χ1v) is 9.62. The van der Waals surface area contributed by atoms with Gasteiger partial charge < -0.3 is 10.1 Å². The molecular formula is C19H21BrF2N2O4. The van der Waals surface area contributed by atoms with Gasteiger partial charge in [-0.25, -0.2) is 13.6 Å². The van der Waals surface area contributed by atoms with Crippen LogP contribution in [0, 0.1) is 5.92 Å². The molecular weight excluding hydrogens is 438 g/mol. The number of likely N-dealkylation sites (tertiary alicyclic amines) is 1. The number of rotatable bonds is 4. The zero-order valence-electron chi connectivity index (χ0n) is 15.7. The van der Waals surface area contributed by atoms with Gasteiger partial charge in [-0.1, -0.05) is 28.1 Å². The van der Waals surface area contributed by atoms with Crippen molar-refractivity contribution in [2.45, 2.75) is 44.3 Å². The van der Waals surface area contributed by atoms with Gasteiger partial charge in [0.05, 0.1) is 19.0 Å². The molecule has 6 nitrogen and oxygen atoms in total. The zero-order valence-corrected chi connectivity index (χ0v) is 17.3. The first kappa shape index (κ1) is 20.7. The maximum atomic E-state index is 14.2.